The zero-order valence-electron chi connectivity index (χ0n) is 20.1. The summed E-state index contributed by atoms with van der Waals surface area (Å²) in [7, 11) is 0. The number of alkyl halides is 23. The highest BCUT2D eigenvalue weighted by atomic mass is 19.4. The molecule has 0 aromatic heterocycles. The molecule has 0 amide bonds. The smallest absolute Gasteiger partial charge is 0.262 e. The zero-order chi connectivity index (χ0) is 38.4. The molecule has 0 N–H and O–H groups in total. The quantitative estimate of drug-likeness (QED) is 0.176. The first-order valence-corrected chi connectivity index (χ1v) is 9.98. The van der Waals surface area contributed by atoms with Gasteiger partial charge in [0.25, 0.3) is 0 Å². The SMILES string of the molecule is N#Cc1c(F)c(F)c(C(F)(F)C(F)(F)C(F)(F)C(F)(F)C(F)(F)C(F)(F)C(F)(F)C(F)(F)OC(F)(C(F)(F)F)C(F)(F)F)c(F)c1F. The van der Waals surface area contributed by atoms with Crippen LogP contribution < -0.4 is 0 Å². The summed E-state index contributed by atoms with van der Waals surface area (Å²) < 4.78 is 364. The van der Waals surface area contributed by atoms with Crippen LogP contribution in [-0.4, -0.2) is 59.9 Å². The van der Waals surface area contributed by atoms with Crippen molar-refractivity contribution in [3.8, 4) is 6.07 Å². The summed E-state index contributed by atoms with van der Waals surface area (Å²) in [5.74, 6) is -88.2. The molecule has 0 aliphatic heterocycles. The van der Waals surface area contributed by atoms with Gasteiger partial charge in [-0.3, -0.25) is 4.74 Å². The molecule has 0 radical (unpaired) electrons. The fourth-order valence-corrected chi connectivity index (χ4v) is 2.85. The van der Waals surface area contributed by atoms with E-state index in [2.05, 4.69) is 0 Å². The van der Waals surface area contributed by atoms with Gasteiger partial charge in [0.05, 0.1) is 0 Å². The van der Waals surface area contributed by atoms with E-state index in [4.69, 9.17) is 5.26 Å². The van der Waals surface area contributed by atoms with E-state index in [0.717, 1.165) is 4.74 Å². The lowest BCUT2D eigenvalue weighted by Crippen LogP contribution is -2.75. The Bertz CT molecular complexity index is 1370. The molecule has 0 aliphatic carbocycles. The Balaban J connectivity index is 4.00. The molecule has 0 aliphatic rings. The van der Waals surface area contributed by atoms with Gasteiger partial charge in [-0.1, -0.05) is 0 Å². The Hall–Kier alpha value is -3.22. The topological polar surface area (TPSA) is 33.0 Å². The number of hydrogen-bond donors (Lipinski definition) is 0. The van der Waals surface area contributed by atoms with Crippen LogP contribution in [0.1, 0.15) is 11.1 Å². The van der Waals surface area contributed by atoms with Crippen LogP contribution in [0.4, 0.5) is 119 Å². The Morgan fingerprint density at radius 1 is 0.404 bits per heavy atom. The van der Waals surface area contributed by atoms with Crippen molar-refractivity contribution < 1.29 is 123 Å². The minimum Gasteiger partial charge on any atom is -0.262 e. The van der Waals surface area contributed by atoms with Crippen molar-refractivity contribution in [2.24, 2.45) is 0 Å². The van der Waals surface area contributed by atoms with Gasteiger partial charge < -0.3 is 0 Å². The van der Waals surface area contributed by atoms with E-state index in [1.807, 2.05) is 0 Å². The Kier molecular flexibility index (Phi) is 9.69. The van der Waals surface area contributed by atoms with E-state index in [1.165, 1.54) is 0 Å². The van der Waals surface area contributed by atoms with Crippen molar-refractivity contribution >= 4 is 0 Å². The molecule has 1 aromatic rings. The summed E-state index contributed by atoms with van der Waals surface area (Å²) in [6, 6.07) is 0.106. The van der Waals surface area contributed by atoms with Crippen LogP contribution in [0.3, 0.4) is 0 Å². The van der Waals surface area contributed by atoms with Gasteiger partial charge in [0.2, 0.25) is 0 Å². The molecule has 1 rings (SSSR count). The minimum absolute atomic E-state index is 0.106. The van der Waals surface area contributed by atoms with Crippen LogP contribution in [0.15, 0.2) is 0 Å². The van der Waals surface area contributed by atoms with Crippen LogP contribution in [-0.2, 0) is 10.7 Å². The van der Waals surface area contributed by atoms with Gasteiger partial charge in [-0.25, -0.2) is 17.6 Å². The largest absolute Gasteiger partial charge is 0.458 e. The molecule has 47 heavy (non-hydrogen) atoms. The summed E-state index contributed by atoms with van der Waals surface area (Å²) >= 11 is 0. The fourth-order valence-electron chi connectivity index (χ4n) is 2.85. The van der Waals surface area contributed by atoms with Crippen LogP contribution in [0, 0.1) is 34.6 Å². The molecular weight excluding hydrogens is 759 g/mol. The van der Waals surface area contributed by atoms with E-state index in [0.29, 0.717) is 0 Å². The van der Waals surface area contributed by atoms with E-state index < -0.39 is 100 Å². The highest BCUT2D eigenvalue weighted by Crippen LogP contribution is 2.66. The number of nitrogens with zero attached hydrogens (tertiary/aromatic N) is 1. The average Bonchev–Trinajstić information content (AvgIpc) is 2.85. The lowest BCUT2D eigenvalue weighted by atomic mass is 9.86. The second-order valence-corrected chi connectivity index (χ2v) is 8.35. The lowest BCUT2D eigenvalue weighted by Gasteiger charge is -2.44. The highest BCUT2D eigenvalue weighted by Gasteiger charge is 2.96. The fraction of sp³-hybridized carbons (Fsp3) is 0.611. The highest BCUT2D eigenvalue weighted by molar-refractivity contribution is 5.40. The molecule has 1 aromatic carbocycles. The third kappa shape index (κ3) is 5.31. The maximum absolute atomic E-state index is 14.2. The summed E-state index contributed by atoms with van der Waals surface area (Å²) in [5, 5.41) is 8.24. The first-order chi connectivity index (χ1) is 20.2. The normalized spacial score (nSPS) is 15.6. The van der Waals surface area contributed by atoms with Gasteiger partial charge in [0, 0.05) is 0 Å². The van der Waals surface area contributed by atoms with E-state index in [9.17, 15) is 119 Å². The molecule has 272 valence electrons. The van der Waals surface area contributed by atoms with Gasteiger partial charge in [-0.2, -0.15) is 106 Å². The first-order valence-electron chi connectivity index (χ1n) is 9.98. The van der Waals surface area contributed by atoms with E-state index in [-0.39, 0.29) is 6.07 Å². The number of halogens is 27. The predicted octanol–water partition coefficient (Wildman–Crippen LogP) is 9.42. The monoisotopic (exact) mass is 759 g/mol. The van der Waals surface area contributed by atoms with Gasteiger partial charge in [-0.15, -0.1) is 0 Å². The summed E-state index contributed by atoms with van der Waals surface area (Å²) in [6.45, 7) is 0. The second-order valence-electron chi connectivity index (χ2n) is 8.35. The Labute approximate surface area is 236 Å². The van der Waals surface area contributed by atoms with Crippen molar-refractivity contribution in [1.29, 1.82) is 5.26 Å². The maximum atomic E-state index is 14.2. The molecule has 0 heterocycles. The summed E-state index contributed by atoms with van der Waals surface area (Å²) in [5.41, 5.74) is -7.24. The van der Waals surface area contributed by atoms with E-state index in [1.54, 1.807) is 0 Å². The third-order valence-electron chi connectivity index (χ3n) is 5.42. The summed E-state index contributed by atoms with van der Waals surface area (Å²) in [6.07, 6.45) is -25.2. The molecule has 0 spiro atoms. The predicted molar refractivity (Wildman–Crippen MR) is 86.5 cm³/mol. The van der Waals surface area contributed by atoms with Crippen LogP contribution in [0.2, 0.25) is 0 Å². The van der Waals surface area contributed by atoms with Crippen molar-refractivity contribution in [1.82, 2.24) is 0 Å². The number of benzene rings is 1. The van der Waals surface area contributed by atoms with E-state index >= 15 is 0 Å². The standard InChI is InChI=1S/C18F27NO/c19-4-2(1-46)5(20)7(22)3(6(4)21)8(23,24)9(25,26)10(27,28)11(29,30)12(31,32)13(33,34)14(35,36)18(44,45)47-15(37,16(38,39)40)17(41,42)43. The van der Waals surface area contributed by atoms with Crippen LogP contribution >= 0.6 is 0 Å². The van der Waals surface area contributed by atoms with Crippen molar-refractivity contribution in [3.63, 3.8) is 0 Å². The molecule has 0 bridgehead atoms. The maximum Gasteiger partial charge on any atom is 0.458 e. The number of nitriles is 1. The van der Waals surface area contributed by atoms with Crippen molar-refractivity contribution in [2.75, 3.05) is 0 Å². The second kappa shape index (κ2) is 10.9. The molecule has 0 saturated carbocycles. The summed E-state index contributed by atoms with van der Waals surface area (Å²) in [4.78, 5) is 0. The van der Waals surface area contributed by atoms with Gasteiger partial charge in [-0.05, 0) is 0 Å². The zero-order valence-corrected chi connectivity index (χ0v) is 20.1. The third-order valence-corrected chi connectivity index (χ3v) is 5.42. The molecule has 0 saturated heterocycles. The molecule has 2 nitrogen and oxygen atoms in total. The van der Waals surface area contributed by atoms with Crippen molar-refractivity contribution in [3.05, 3.63) is 34.4 Å². The number of rotatable bonds is 10. The lowest BCUT2D eigenvalue weighted by molar-refractivity contribution is -0.528. The molecule has 29 heteroatoms. The van der Waals surface area contributed by atoms with Crippen LogP contribution in [0.25, 0.3) is 0 Å². The molecule has 0 unspecified atom stereocenters. The molecule has 0 fully saturated rings. The Morgan fingerprint density at radius 3 is 0.957 bits per heavy atom. The minimum atomic E-state index is -9.60. The van der Waals surface area contributed by atoms with Gasteiger partial charge in [0.1, 0.15) is 17.2 Å². The van der Waals surface area contributed by atoms with Crippen molar-refractivity contribution in [2.45, 2.75) is 65.8 Å². The number of hydrogen-bond acceptors (Lipinski definition) is 2. The Morgan fingerprint density at radius 2 is 0.681 bits per heavy atom. The average molecular weight is 759 g/mol. The molecule has 0 atom stereocenters. The number of ether oxygens (including phenoxy) is 1. The molecular formula is C18F27NO. The van der Waals surface area contributed by atoms with Gasteiger partial charge >= 0.3 is 65.8 Å². The van der Waals surface area contributed by atoms with Crippen LogP contribution in [0.5, 0.6) is 0 Å². The van der Waals surface area contributed by atoms with Gasteiger partial charge in [0.15, 0.2) is 23.3 Å². The first kappa shape index (κ1) is 41.8.